The minimum Gasteiger partial charge on any atom is -0.390 e. The van der Waals surface area contributed by atoms with E-state index in [0.29, 0.717) is 21.6 Å². The molecular formula is C22H27ClN8O2S. The lowest BCUT2D eigenvalue weighted by Gasteiger charge is -2.42. The van der Waals surface area contributed by atoms with Crippen molar-refractivity contribution in [1.82, 2.24) is 24.7 Å². The lowest BCUT2D eigenvalue weighted by Crippen LogP contribution is -2.45. The van der Waals surface area contributed by atoms with Gasteiger partial charge in [0.15, 0.2) is 11.6 Å². The molecular weight excluding hydrogens is 476 g/mol. The zero-order valence-electron chi connectivity index (χ0n) is 19.0. The fourth-order valence-corrected chi connectivity index (χ4v) is 5.98. The van der Waals surface area contributed by atoms with Crippen molar-refractivity contribution < 1.29 is 9.94 Å². The molecule has 0 saturated carbocycles. The number of hydrogen-bond donors (Lipinski definition) is 3. The highest BCUT2D eigenvalue weighted by atomic mass is 35.5. The van der Waals surface area contributed by atoms with Crippen molar-refractivity contribution in [2.45, 2.75) is 48.9 Å². The maximum Gasteiger partial charge on any atom is 0.169 e. The van der Waals surface area contributed by atoms with Gasteiger partial charge in [-0.3, -0.25) is 9.52 Å². The van der Waals surface area contributed by atoms with Crippen LogP contribution in [0.4, 0.5) is 11.6 Å². The summed E-state index contributed by atoms with van der Waals surface area (Å²) in [6, 6.07) is 3.81. The van der Waals surface area contributed by atoms with E-state index in [1.165, 1.54) is 18.9 Å². The number of halogens is 1. The first-order valence-corrected chi connectivity index (χ1v) is 12.3. The molecule has 1 saturated heterocycles. The monoisotopic (exact) mass is 502 g/mol. The van der Waals surface area contributed by atoms with Gasteiger partial charge in [0.25, 0.3) is 0 Å². The van der Waals surface area contributed by atoms with Crippen molar-refractivity contribution in [2.75, 3.05) is 30.6 Å². The summed E-state index contributed by atoms with van der Waals surface area (Å²) in [6.45, 7) is 4.17. The Labute approximate surface area is 206 Å². The Morgan fingerprint density at radius 3 is 2.79 bits per heavy atom. The summed E-state index contributed by atoms with van der Waals surface area (Å²) >= 11 is 7.84. The number of aromatic nitrogens is 5. The number of aliphatic hydroxyl groups is 1. The first-order valence-electron chi connectivity index (χ1n) is 11.1. The lowest BCUT2D eigenvalue weighted by molar-refractivity contribution is 0.170. The van der Waals surface area contributed by atoms with Gasteiger partial charge in [0, 0.05) is 42.3 Å². The Kier molecular flexibility index (Phi) is 6.38. The number of nitrogens with one attached hydrogen (secondary N) is 1. The summed E-state index contributed by atoms with van der Waals surface area (Å²) < 4.78 is 2.03. The van der Waals surface area contributed by atoms with E-state index in [1.54, 1.807) is 12.3 Å². The molecule has 5 rings (SSSR count). The van der Waals surface area contributed by atoms with Crippen LogP contribution in [0.3, 0.4) is 0 Å². The maximum absolute atomic E-state index is 10.1. The fraction of sp³-hybridized carbons (Fsp3) is 0.455. The second-order valence-electron chi connectivity index (χ2n) is 8.66. The third kappa shape index (κ3) is 4.01. The average Bonchev–Trinajstić information content (AvgIpc) is 3.39. The molecule has 0 amide bonds. The smallest absolute Gasteiger partial charge is 0.169 e. The van der Waals surface area contributed by atoms with E-state index in [-0.39, 0.29) is 18.1 Å². The molecule has 0 aliphatic carbocycles. The molecule has 1 fully saturated rings. The van der Waals surface area contributed by atoms with E-state index in [1.807, 2.05) is 23.9 Å². The molecule has 10 nitrogen and oxygen atoms in total. The van der Waals surface area contributed by atoms with E-state index in [0.717, 1.165) is 54.6 Å². The Hall–Kier alpha value is -2.44. The Balaban J connectivity index is 1.35. The van der Waals surface area contributed by atoms with Gasteiger partial charge >= 0.3 is 0 Å². The zero-order chi connectivity index (χ0) is 23.9. The second-order valence-corrected chi connectivity index (χ2v) is 10.1. The minimum atomic E-state index is -0.201. The summed E-state index contributed by atoms with van der Waals surface area (Å²) in [4.78, 5) is 21.7. The first kappa shape index (κ1) is 23.3. The second kappa shape index (κ2) is 9.31. The normalized spacial score (nSPS) is 19.0. The molecule has 1 unspecified atom stereocenters. The standard InChI is InChI=1S/C22H27ClN8O2S/c1-13-21(34-16-4-7-25-19(17(16)23)29-33-2)28-14(11-32)20(27-13)30-9-5-22(6-10-30)12-31-15(18(22)24)3-8-26-31/h3-4,7-8,18,32H,5-6,9-12,24H2,1-2H3,(H,25,29). The van der Waals surface area contributed by atoms with E-state index < -0.39 is 0 Å². The van der Waals surface area contributed by atoms with Crippen LogP contribution in [-0.2, 0) is 18.0 Å². The van der Waals surface area contributed by atoms with Crippen LogP contribution in [0.5, 0.6) is 0 Å². The maximum atomic E-state index is 10.1. The number of rotatable bonds is 6. The average molecular weight is 503 g/mol. The topological polar surface area (TPSA) is 127 Å². The highest BCUT2D eigenvalue weighted by molar-refractivity contribution is 7.99. The van der Waals surface area contributed by atoms with E-state index in [9.17, 15) is 5.11 Å². The molecule has 4 N–H and O–H groups in total. The van der Waals surface area contributed by atoms with Crippen LogP contribution in [0.2, 0.25) is 5.02 Å². The highest BCUT2D eigenvalue weighted by Crippen LogP contribution is 2.48. The number of piperidine rings is 1. The summed E-state index contributed by atoms with van der Waals surface area (Å²) in [5.41, 5.74) is 11.7. The SMILES string of the molecule is CONc1nccc(Sc2nc(CO)c(N3CCC4(CC3)Cn3nccc3C4N)nc2C)c1Cl. The molecule has 5 heterocycles. The number of nitrogens with two attached hydrogens (primary N) is 1. The predicted molar refractivity (Wildman–Crippen MR) is 130 cm³/mol. The number of aliphatic hydroxyl groups excluding tert-OH is 1. The van der Waals surface area contributed by atoms with Crippen molar-refractivity contribution >= 4 is 35.0 Å². The first-order chi connectivity index (χ1) is 16.5. The van der Waals surface area contributed by atoms with Crippen LogP contribution in [0.25, 0.3) is 0 Å². The molecule has 1 spiro atoms. The van der Waals surface area contributed by atoms with Crippen molar-refractivity contribution in [2.24, 2.45) is 11.1 Å². The molecule has 0 aromatic carbocycles. The van der Waals surface area contributed by atoms with Gasteiger partial charge < -0.3 is 15.7 Å². The van der Waals surface area contributed by atoms with Gasteiger partial charge in [0.1, 0.15) is 10.7 Å². The summed E-state index contributed by atoms with van der Waals surface area (Å²) in [5.74, 6) is 1.15. The van der Waals surface area contributed by atoms with Crippen LogP contribution in [-0.4, -0.2) is 50.0 Å². The largest absolute Gasteiger partial charge is 0.390 e. The molecule has 0 bridgehead atoms. The van der Waals surface area contributed by atoms with Crippen LogP contribution in [0.15, 0.2) is 34.4 Å². The van der Waals surface area contributed by atoms with Crippen LogP contribution in [0, 0.1) is 12.3 Å². The van der Waals surface area contributed by atoms with Gasteiger partial charge in [0.2, 0.25) is 0 Å². The van der Waals surface area contributed by atoms with Crippen LogP contribution in [0.1, 0.15) is 36.0 Å². The number of anilines is 2. The molecule has 180 valence electrons. The Morgan fingerprint density at radius 2 is 2.09 bits per heavy atom. The van der Waals surface area contributed by atoms with E-state index >= 15 is 0 Å². The quantitative estimate of drug-likeness (QED) is 0.433. The molecule has 0 radical (unpaired) electrons. The molecule has 12 heteroatoms. The molecule has 34 heavy (non-hydrogen) atoms. The molecule has 2 aliphatic rings. The number of fused-ring (bicyclic) bond motifs is 1. The Morgan fingerprint density at radius 1 is 1.29 bits per heavy atom. The van der Waals surface area contributed by atoms with Gasteiger partial charge in [0.05, 0.1) is 36.2 Å². The van der Waals surface area contributed by atoms with Crippen molar-refractivity contribution in [3.05, 3.63) is 46.6 Å². The van der Waals surface area contributed by atoms with Crippen LogP contribution < -0.4 is 16.1 Å². The summed E-state index contributed by atoms with van der Waals surface area (Å²) in [5, 5.41) is 15.6. The van der Waals surface area contributed by atoms with Crippen molar-refractivity contribution in [3.63, 3.8) is 0 Å². The predicted octanol–water partition coefficient (Wildman–Crippen LogP) is 2.95. The van der Waals surface area contributed by atoms with Gasteiger partial charge in [-0.15, -0.1) is 0 Å². The van der Waals surface area contributed by atoms with Gasteiger partial charge in [-0.25, -0.2) is 20.4 Å². The number of pyridine rings is 1. The molecule has 3 aromatic rings. The van der Waals surface area contributed by atoms with Gasteiger partial charge in [-0.1, -0.05) is 23.4 Å². The number of hydrogen-bond acceptors (Lipinski definition) is 10. The van der Waals surface area contributed by atoms with Crippen molar-refractivity contribution in [1.29, 1.82) is 0 Å². The summed E-state index contributed by atoms with van der Waals surface area (Å²) in [6.07, 6.45) is 5.32. The minimum absolute atomic E-state index is 0.0105. The van der Waals surface area contributed by atoms with Crippen molar-refractivity contribution in [3.8, 4) is 0 Å². The van der Waals surface area contributed by atoms with E-state index in [2.05, 4.69) is 20.5 Å². The highest BCUT2D eigenvalue weighted by Gasteiger charge is 2.47. The summed E-state index contributed by atoms with van der Waals surface area (Å²) in [7, 11) is 1.50. The molecule has 2 aliphatic heterocycles. The zero-order valence-corrected chi connectivity index (χ0v) is 20.6. The molecule has 3 aromatic heterocycles. The van der Waals surface area contributed by atoms with Gasteiger partial charge in [-0.05, 0) is 31.9 Å². The number of aryl methyl sites for hydroxylation is 1. The number of nitrogens with zero attached hydrogens (tertiary/aromatic N) is 6. The lowest BCUT2D eigenvalue weighted by atomic mass is 9.73. The van der Waals surface area contributed by atoms with E-state index in [4.69, 9.17) is 32.1 Å². The van der Waals surface area contributed by atoms with Crippen LogP contribution >= 0.6 is 23.4 Å². The molecule has 1 atom stereocenters. The third-order valence-corrected chi connectivity index (χ3v) is 8.37. The van der Waals surface area contributed by atoms with Gasteiger partial charge in [-0.2, -0.15) is 5.10 Å². The fourth-order valence-electron chi connectivity index (χ4n) is 4.84. The Bertz CT molecular complexity index is 1200. The third-order valence-electron chi connectivity index (χ3n) is 6.74.